The van der Waals surface area contributed by atoms with Crippen LogP contribution in [-0.2, 0) is 22.5 Å². The van der Waals surface area contributed by atoms with Crippen LogP contribution in [0.15, 0.2) is 42.7 Å². The largest absolute Gasteiger partial charge is 0.469 e. The fourth-order valence-corrected chi connectivity index (χ4v) is 1.94. The van der Waals surface area contributed by atoms with E-state index in [2.05, 4.69) is 4.74 Å². The average Bonchev–Trinajstić information content (AvgIpc) is 2.88. The van der Waals surface area contributed by atoms with Gasteiger partial charge in [-0.2, -0.15) is 0 Å². The van der Waals surface area contributed by atoms with Crippen LogP contribution >= 0.6 is 0 Å². The number of rotatable bonds is 5. The minimum atomic E-state index is -0.256. The number of benzene rings is 1. The quantitative estimate of drug-likeness (QED) is 0.608. The maximum absolute atomic E-state index is 11.4. The molecule has 0 bridgehead atoms. The minimum absolute atomic E-state index is 0.256. The number of hydrogen-bond donors (Lipinski definition) is 0. The third-order valence-corrected chi connectivity index (χ3v) is 2.94. The zero-order valence-electron chi connectivity index (χ0n) is 10.7. The Morgan fingerprint density at radius 2 is 2.00 bits per heavy atom. The Labute approximate surface area is 111 Å². The highest BCUT2D eigenvalue weighted by Crippen LogP contribution is 2.13. The molecule has 1 aromatic heterocycles. The first-order chi connectivity index (χ1) is 9.22. The molecule has 0 fully saturated rings. The van der Waals surface area contributed by atoms with E-state index < -0.39 is 0 Å². The number of carbonyl (C=O) groups is 2. The summed E-state index contributed by atoms with van der Waals surface area (Å²) in [5.41, 5.74) is 2.63. The van der Waals surface area contributed by atoms with Gasteiger partial charge in [0.15, 0.2) is 6.29 Å². The first kappa shape index (κ1) is 13.1. The van der Waals surface area contributed by atoms with Crippen LogP contribution < -0.4 is 0 Å². The zero-order valence-corrected chi connectivity index (χ0v) is 10.7. The van der Waals surface area contributed by atoms with Crippen molar-refractivity contribution in [1.82, 2.24) is 4.57 Å². The molecule has 4 nitrogen and oxygen atoms in total. The van der Waals surface area contributed by atoms with Crippen molar-refractivity contribution in [2.45, 2.75) is 13.0 Å². The van der Waals surface area contributed by atoms with Crippen LogP contribution in [0.1, 0.15) is 21.5 Å². The van der Waals surface area contributed by atoms with Gasteiger partial charge in [0.2, 0.25) is 0 Å². The van der Waals surface area contributed by atoms with Gasteiger partial charge in [0.25, 0.3) is 0 Å². The number of hydrogen-bond acceptors (Lipinski definition) is 3. The Morgan fingerprint density at radius 3 is 2.63 bits per heavy atom. The summed E-state index contributed by atoms with van der Waals surface area (Å²) in [6.07, 6.45) is 4.70. The van der Waals surface area contributed by atoms with Crippen LogP contribution in [-0.4, -0.2) is 23.9 Å². The van der Waals surface area contributed by atoms with E-state index >= 15 is 0 Å². The summed E-state index contributed by atoms with van der Waals surface area (Å²) in [4.78, 5) is 22.0. The first-order valence-electron chi connectivity index (χ1n) is 5.97. The van der Waals surface area contributed by atoms with Gasteiger partial charge in [0.1, 0.15) is 0 Å². The second-order valence-electron chi connectivity index (χ2n) is 4.26. The smallest absolute Gasteiger partial charge is 0.309 e. The van der Waals surface area contributed by atoms with Crippen molar-refractivity contribution in [2.75, 3.05) is 7.11 Å². The molecular formula is C15H15NO3. The van der Waals surface area contributed by atoms with Crippen LogP contribution in [0.25, 0.3) is 0 Å². The molecule has 0 amide bonds. The molecule has 0 unspecified atom stereocenters. The molecule has 0 saturated heterocycles. The van der Waals surface area contributed by atoms with E-state index in [9.17, 15) is 9.59 Å². The molecule has 0 aliphatic heterocycles. The second-order valence-corrected chi connectivity index (χ2v) is 4.26. The van der Waals surface area contributed by atoms with Crippen molar-refractivity contribution >= 4 is 12.3 Å². The molecule has 0 radical (unpaired) electrons. The SMILES string of the molecule is COC(=O)Cc1ccccc1Cn1ccc(C=O)c1. The topological polar surface area (TPSA) is 48.3 Å². The van der Waals surface area contributed by atoms with E-state index in [1.54, 1.807) is 12.3 Å². The van der Waals surface area contributed by atoms with Crippen molar-refractivity contribution in [3.05, 3.63) is 59.4 Å². The van der Waals surface area contributed by atoms with Gasteiger partial charge in [-0.3, -0.25) is 9.59 Å². The highest BCUT2D eigenvalue weighted by atomic mass is 16.5. The van der Waals surface area contributed by atoms with Crippen LogP contribution in [0.4, 0.5) is 0 Å². The molecule has 2 rings (SSSR count). The summed E-state index contributed by atoms with van der Waals surface area (Å²) in [6.45, 7) is 0.626. The molecule has 0 saturated carbocycles. The Kier molecular flexibility index (Phi) is 4.13. The van der Waals surface area contributed by atoms with E-state index in [0.29, 0.717) is 12.1 Å². The monoisotopic (exact) mass is 257 g/mol. The summed E-state index contributed by atoms with van der Waals surface area (Å²) < 4.78 is 6.61. The highest BCUT2D eigenvalue weighted by molar-refractivity contribution is 5.74. The molecule has 19 heavy (non-hydrogen) atoms. The number of aromatic nitrogens is 1. The van der Waals surface area contributed by atoms with Crippen molar-refractivity contribution in [2.24, 2.45) is 0 Å². The molecule has 0 atom stereocenters. The van der Waals surface area contributed by atoms with E-state index in [1.165, 1.54) is 7.11 Å². The fraction of sp³-hybridized carbons (Fsp3) is 0.200. The maximum atomic E-state index is 11.4. The van der Waals surface area contributed by atoms with Gasteiger partial charge < -0.3 is 9.30 Å². The second kappa shape index (κ2) is 6.00. The van der Waals surface area contributed by atoms with Gasteiger partial charge in [-0.1, -0.05) is 24.3 Å². The number of nitrogens with zero attached hydrogens (tertiary/aromatic N) is 1. The molecule has 0 aliphatic rings. The Morgan fingerprint density at radius 1 is 1.26 bits per heavy atom. The third kappa shape index (κ3) is 3.31. The highest BCUT2D eigenvalue weighted by Gasteiger charge is 2.08. The van der Waals surface area contributed by atoms with Gasteiger partial charge in [0, 0.05) is 24.5 Å². The van der Waals surface area contributed by atoms with E-state index in [-0.39, 0.29) is 12.4 Å². The normalized spacial score (nSPS) is 10.2. The molecule has 0 spiro atoms. The van der Waals surface area contributed by atoms with Crippen LogP contribution in [0, 0.1) is 0 Å². The summed E-state index contributed by atoms with van der Waals surface area (Å²) in [5.74, 6) is -0.256. The number of ether oxygens (including phenoxy) is 1. The van der Waals surface area contributed by atoms with Gasteiger partial charge >= 0.3 is 5.97 Å². The predicted octanol–water partition coefficient (Wildman–Crippen LogP) is 2.06. The molecule has 1 aromatic carbocycles. The van der Waals surface area contributed by atoms with Gasteiger partial charge in [0.05, 0.1) is 13.5 Å². The summed E-state index contributed by atoms with van der Waals surface area (Å²) in [7, 11) is 1.38. The Balaban J connectivity index is 2.19. The Hall–Kier alpha value is -2.36. The van der Waals surface area contributed by atoms with Gasteiger partial charge in [-0.05, 0) is 17.2 Å². The van der Waals surface area contributed by atoms with Crippen molar-refractivity contribution in [1.29, 1.82) is 0 Å². The average molecular weight is 257 g/mol. The van der Waals surface area contributed by atoms with Gasteiger partial charge in [-0.15, -0.1) is 0 Å². The lowest BCUT2D eigenvalue weighted by molar-refractivity contribution is -0.139. The number of esters is 1. The molecule has 0 aliphatic carbocycles. The minimum Gasteiger partial charge on any atom is -0.469 e. The van der Waals surface area contributed by atoms with Crippen molar-refractivity contribution < 1.29 is 14.3 Å². The summed E-state index contributed by atoms with van der Waals surface area (Å²) in [5, 5.41) is 0. The molecule has 2 aromatic rings. The van der Waals surface area contributed by atoms with E-state index in [4.69, 9.17) is 0 Å². The summed E-state index contributed by atoms with van der Waals surface area (Å²) in [6, 6.07) is 9.47. The Bertz CT molecular complexity index is 587. The number of methoxy groups -OCH3 is 1. The standard InChI is InChI=1S/C15H15NO3/c1-19-15(18)8-13-4-2-3-5-14(13)10-16-7-6-12(9-16)11-17/h2-7,9,11H,8,10H2,1H3. The van der Waals surface area contributed by atoms with E-state index in [0.717, 1.165) is 17.4 Å². The predicted molar refractivity (Wildman–Crippen MR) is 71.1 cm³/mol. The third-order valence-electron chi connectivity index (χ3n) is 2.94. The molecule has 0 N–H and O–H groups in total. The molecule has 1 heterocycles. The van der Waals surface area contributed by atoms with Crippen LogP contribution in [0.2, 0.25) is 0 Å². The summed E-state index contributed by atoms with van der Waals surface area (Å²) >= 11 is 0. The van der Waals surface area contributed by atoms with Crippen molar-refractivity contribution in [3.8, 4) is 0 Å². The van der Waals surface area contributed by atoms with Crippen molar-refractivity contribution in [3.63, 3.8) is 0 Å². The number of aldehydes is 1. The fourth-order valence-electron chi connectivity index (χ4n) is 1.94. The van der Waals surface area contributed by atoms with Crippen LogP contribution in [0.5, 0.6) is 0 Å². The first-order valence-corrected chi connectivity index (χ1v) is 5.97. The van der Waals surface area contributed by atoms with E-state index in [1.807, 2.05) is 35.0 Å². The lowest BCUT2D eigenvalue weighted by Crippen LogP contribution is -2.08. The lowest BCUT2D eigenvalue weighted by atomic mass is 10.0. The molecule has 4 heteroatoms. The van der Waals surface area contributed by atoms with Crippen LogP contribution in [0.3, 0.4) is 0 Å². The maximum Gasteiger partial charge on any atom is 0.309 e. The zero-order chi connectivity index (χ0) is 13.7. The molecule has 98 valence electrons. The lowest BCUT2D eigenvalue weighted by Gasteiger charge is -2.09. The number of carbonyl (C=O) groups excluding carboxylic acids is 2. The van der Waals surface area contributed by atoms with Gasteiger partial charge in [-0.25, -0.2) is 0 Å². The molecular weight excluding hydrogens is 242 g/mol.